The van der Waals surface area contributed by atoms with Crippen molar-refractivity contribution in [3.8, 4) is 0 Å². The Balaban J connectivity index is 2.07. The Morgan fingerprint density at radius 3 is 2.34 bits per heavy atom. The minimum Gasteiger partial charge on any atom is -0.481 e. The number of hydrogen-bond donors (Lipinski definition) is 1. The van der Waals surface area contributed by atoms with Gasteiger partial charge in [-0.25, -0.2) is 13.8 Å². The molecule has 0 spiro atoms. The normalized spacial score (nSPS) is 11.3. The van der Waals surface area contributed by atoms with Gasteiger partial charge in [-0.2, -0.15) is 0 Å². The van der Waals surface area contributed by atoms with E-state index in [9.17, 15) is 18.7 Å². The van der Waals surface area contributed by atoms with E-state index in [1.807, 2.05) is 13.0 Å². The SMILES string of the molecule is CCCc1nc(CCC)c(Cc2nc3c(F)c(C)cc(F)c3s2)cc1CC(=O)O. The summed E-state index contributed by atoms with van der Waals surface area (Å²) in [5.41, 5.74) is 3.58. The van der Waals surface area contributed by atoms with Crippen LogP contribution < -0.4 is 0 Å². The first-order valence-electron chi connectivity index (χ1n) is 9.80. The number of carbonyl (C=O) groups is 1. The summed E-state index contributed by atoms with van der Waals surface area (Å²) in [6.07, 6.45) is 3.53. The van der Waals surface area contributed by atoms with Crippen LogP contribution in [0.25, 0.3) is 10.2 Å². The Bertz CT molecular complexity index is 1060. The van der Waals surface area contributed by atoms with Crippen LogP contribution in [0.15, 0.2) is 12.1 Å². The van der Waals surface area contributed by atoms with Crippen LogP contribution in [0, 0.1) is 18.6 Å². The Labute approximate surface area is 172 Å². The zero-order valence-electron chi connectivity index (χ0n) is 16.8. The van der Waals surface area contributed by atoms with Gasteiger partial charge in [0.15, 0.2) is 5.82 Å². The summed E-state index contributed by atoms with van der Waals surface area (Å²) in [7, 11) is 0. The van der Waals surface area contributed by atoms with Gasteiger partial charge in [-0.05, 0) is 42.5 Å². The number of aliphatic carboxylic acids is 1. The van der Waals surface area contributed by atoms with Crippen molar-refractivity contribution in [1.29, 1.82) is 0 Å². The molecule has 0 amide bonds. The number of benzene rings is 1. The Hall–Kier alpha value is -2.41. The average molecular weight is 419 g/mol. The third-order valence-corrected chi connectivity index (χ3v) is 5.87. The van der Waals surface area contributed by atoms with Gasteiger partial charge in [0.2, 0.25) is 0 Å². The summed E-state index contributed by atoms with van der Waals surface area (Å²) in [5.74, 6) is -1.88. The van der Waals surface area contributed by atoms with Crippen molar-refractivity contribution in [2.45, 2.75) is 59.3 Å². The van der Waals surface area contributed by atoms with Crippen molar-refractivity contribution in [1.82, 2.24) is 9.97 Å². The van der Waals surface area contributed by atoms with E-state index in [4.69, 9.17) is 4.98 Å². The number of aromatic nitrogens is 2. The number of fused-ring (bicyclic) bond motifs is 1. The van der Waals surface area contributed by atoms with Crippen molar-refractivity contribution in [3.63, 3.8) is 0 Å². The third-order valence-electron chi connectivity index (χ3n) is 4.80. The number of halogens is 2. The first-order valence-corrected chi connectivity index (χ1v) is 10.6. The molecule has 1 aromatic carbocycles. The molecule has 3 aromatic rings. The minimum atomic E-state index is -0.905. The lowest BCUT2D eigenvalue weighted by atomic mass is 9.99. The van der Waals surface area contributed by atoms with Gasteiger partial charge >= 0.3 is 5.97 Å². The molecule has 0 fully saturated rings. The summed E-state index contributed by atoms with van der Waals surface area (Å²) in [4.78, 5) is 20.4. The van der Waals surface area contributed by atoms with Crippen LogP contribution in [0.1, 0.15) is 59.8 Å². The fourth-order valence-electron chi connectivity index (χ4n) is 3.48. The van der Waals surface area contributed by atoms with E-state index >= 15 is 0 Å². The number of carboxylic acids is 1. The lowest BCUT2D eigenvalue weighted by molar-refractivity contribution is -0.136. The fourth-order valence-corrected chi connectivity index (χ4v) is 4.47. The molecule has 0 radical (unpaired) electrons. The van der Waals surface area contributed by atoms with Crippen LogP contribution in [0.4, 0.5) is 8.78 Å². The zero-order valence-corrected chi connectivity index (χ0v) is 17.6. The molecule has 154 valence electrons. The first kappa shape index (κ1) is 21.3. The molecule has 0 saturated carbocycles. The largest absolute Gasteiger partial charge is 0.481 e. The van der Waals surface area contributed by atoms with Gasteiger partial charge < -0.3 is 5.11 Å². The highest BCUT2D eigenvalue weighted by Gasteiger charge is 2.18. The van der Waals surface area contributed by atoms with Crippen LogP contribution in [-0.2, 0) is 30.5 Å². The number of hydrogen-bond acceptors (Lipinski definition) is 4. The van der Waals surface area contributed by atoms with Crippen molar-refractivity contribution in [2.24, 2.45) is 0 Å². The van der Waals surface area contributed by atoms with E-state index < -0.39 is 17.6 Å². The molecule has 0 saturated heterocycles. The molecule has 0 aliphatic rings. The maximum absolute atomic E-state index is 14.4. The molecule has 4 nitrogen and oxygen atoms in total. The quantitative estimate of drug-likeness (QED) is 0.532. The van der Waals surface area contributed by atoms with E-state index in [0.29, 0.717) is 17.0 Å². The highest BCUT2D eigenvalue weighted by atomic mass is 32.1. The maximum atomic E-state index is 14.4. The predicted octanol–water partition coefficient (Wildman–Crippen LogP) is 5.40. The van der Waals surface area contributed by atoms with Crippen molar-refractivity contribution in [3.05, 3.63) is 56.9 Å². The monoisotopic (exact) mass is 418 g/mol. The van der Waals surface area contributed by atoms with Crippen LogP contribution in [0.3, 0.4) is 0 Å². The van der Waals surface area contributed by atoms with Gasteiger partial charge in [0.05, 0.1) is 16.1 Å². The summed E-state index contributed by atoms with van der Waals surface area (Å²) in [6.45, 7) is 5.61. The molecular weight excluding hydrogens is 394 g/mol. The maximum Gasteiger partial charge on any atom is 0.307 e. The first-order chi connectivity index (χ1) is 13.8. The van der Waals surface area contributed by atoms with Gasteiger partial charge in [0.1, 0.15) is 11.3 Å². The van der Waals surface area contributed by atoms with E-state index in [2.05, 4.69) is 11.9 Å². The molecule has 0 unspecified atom stereocenters. The predicted molar refractivity (Wildman–Crippen MR) is 111 cm³/mol. The number of thiazole rings is 1. The molecule has 2 heterocycles. The van der Waals surface area contributed by atoms with Crippen LogP contribution >= 0.6 is 11.3 Å². The summed E-state index contributed by atoms with van der Waals surface area (Å²) >= 11 is 1.13. The average Bonchev–Trinajstić information content (AvgIpc) is 3.08. The minimum absolute atomic E-state index is 0.0564. The Morgan fingerprint density at radius 2 is 1.72 bits per heavy atom. The molecule has 1 N–H and O–H groups in total. The number of nitrogens with zero attached hydrogens (tertiary/aromatic N) is 2. The number of rotatable bonds is 8. The number of pyridine rings is 1. The molecule has 0 atom stereocenters. The van der Waals surface area contributed by atoms with Crippen molar-refractivity contribution in [2.75, 3.05) is 0 Å². The highest BCUT2D eigenvalue weighted by Crippen LogP contribution is 2.31. The van der Waals surface area contributed by atoms with Crippen LogP contribution in [0.2, 0.25) is 0 Å². The Morgan fingerprint density at radius 1 is 1.07 bits per heavy atom. The smallest absolute Gasteiger partial charge is 0.307 e. The molecule has 2 aromatic heterocycles. The molecule has 0 aliphatic heterocycles. The summed E-state index contributed by atoms with van der Waals surface area (Å²) in [6, 6.07) is 3.08. The molecule has 0 aliphatic carbocycles. The summed E-state index contributed by atoms with van der Waals surface area (Å²) in [5, 5.41) is 9.86. The third kappa shape index (κ3) is 4.61. The van der Waals surface area contributed by atoms with Crippen molar-refractivity contribution < 1.29 is 18.7 Å². The van der Waals surface area contributed by atoms with Crippen LogP contribution in [0.5, 0.6) is 0 Å². The lowest BCUT2D eigenvalue weighted by Gasteiger charge is -2.14. The Kier molecular flexibility index (Phi) is 6.57. The lowest BCUT2D eigenvalue weighted by Crippen LogP contribution is -2.10. The van der Waals surface area contributed by atoms with Gasteiger partial charge in [-0.15, -0.1) is 11.3 Å². The van der Waals surface area contributed by atoms with E-state index in [1.165, 1.54) is 13.0 Å². The topological polar surface area (TPSA) is 63.1 Å². The van der Waals surface area contributed by atoms with Crippen molar-refractivity contribution >= 4 is 27.5 Å². The van der Waals surface area contributed by atoms with Gasteiger partial charge in [0, 0.05) is 17.8 Å². The molecule has 0 bridgehead atoms. The standard InChI is InChI=1S/C22H24F2N2O2S/c1-4-6-16-13(9-14(11-19(27)28)17(25-16)7-5-2)10-18-26-21-20(24)12(3)8-15(23)22(21)29-18/h8-9H,4-7,10-11H2,1-3H3,(H,27,28). The number of aryl methyl sites for hydroxylation is 3. The second-order valence-corrected chi connectivity index (χ2v) is 8.31. The summed E-state index contributed by atoms with van der Waals surface area (Å²) < 4.78 is 28.8. The van der Waals surface area contributed by atoms with Crippen LogP contribution in [-0.4, -0.2) is 21.0 Å². The van der Waals surface area contributed by atoms with E-state index in [-0.39, 0.29) is 22.2 Å². The zero-order chi connectivity index (χ0) is 21.1. The molecule has 29 heavy (non-hydrogen) atoms. The van der Waals surface area contributed by atoms with Gasteiger partial charge in [0.25, 0.3) is 0 Å². The second-order valence-electron chi connectivity index (χ2n) is 7.22. The van der Waals surface area contributed by atoms with E-state index in [0.717, 1.165) is 54.0 Å². The van der Waals surface area contributed by atoms with Gasteiger partial charge in [-0.3, -0.25) is 9.78 Å². The number of carboxylic acid groups (broad SMARTS) is 1. The van der Waals surface area contributed by atoms with E-state index in [1.54, 1.807) is 0 Å². The molecular formula is C22H24F2N2O2S. The molecule has 7 heteroatoms. The second kappa shape index (κ2) is 8.95. The fraction of sp³-hybridized carbons (Fsp3) is 0.409. The molecule has 3 rings (SSSR count). The highest BCUT2D eigenvalue weighted by molar-refractivity contribution is 7.18. The van der Waals surface area contributed by atoms with Gasteiger partial charge in [-0.1, -0.05) is 32.8 Å².